The molecule has 2 aromatic rings. The molecule has 0 aliphatic rings. The van der Waals surface area contributed by atoms with Crippen molar-refractivity contribution in [3.05, 3.63) is 47.1 Å². The van der Waals surface area contributed by atoms with Crippen molar-refractivity contribution in [1.82, 2.24) is 15.5 Å². The van der Waals surface area contributed by atoms with Crippen LogP contribution in [-0.4, -0.2) is 22.6 Å². The fourth-order valence-corrected chi connectivity index (χ4v) is 1.94. The van der Waals surface area contributed by atoms with Gasteiger partial charge in [0.1, 0.15) is 0 Å². The Bertz CT molecular complexity index is 544. The standard InChI is InChI=1S/C14H17N3O2/c1-9-4-10(2)6-12(5-9)14(18)15-7-11(3)13-16-8-19-17-13/h4-6,8,11H,7H2,1-3H3,(H,15,18). The summed E-state index contributed by atoms with van der Waals surface area (Å²) in [6.07, 6.45) is 1.29. The first kappa shape index (κ1) is 13.3. The number of aromatic nitrogens is 2. The second-order valence-electron chi connectivity index (χ2n) is 4.78. The smallest absolute Gasteiger partial charge is 0.251 e. The van der Waals surface area contributed by atoms with Gasteiger partial charge < -0.3 is 9.84 Å². The maximum atomic E-state index is 12.0. The third-order valence-corrected chi connectivity index (χ3v) is 2.87. The third kappa shape index (κ3) is 3.40. The number of hydrogen-bond acceptors (Lipinski definition) is 4. The number of nitrogens with zero attached hydrogens (tertiary/aromatic N) is 2. The number of aryl methyl sites for hydroxylation is 2. The van der Waals surface area contributed by atoms with Crippen LogP contribution in [0.25, 0.3) is 0 Å². The van der Waals surface area contributed by atoms with E-state index in [0.717, 1.165) is 11.1 Å². The molecule has 1 aromatic carbocycles. The third-order valence-electron chi connectivity index (χ3n) is 2.87. The van der Waals surface area contributed by atoms with E-state index in [1.807, 2.05) is 39.0 Å². The summed E-state index contributed by atoms with van der Waals surface area (Å²) < 4.78 is 4.68. The van der Waals surface area contributed by atoms with E-state index in [2.05, 4.69) is 20.0 Å². The topological polar surface area (TPSA) is 68.0 Å². The van der Waals surface area contributed by atoms with Gasteiger partial charge in [0.25, 0.3) is 5.91 Å². The van der Waals surface area contributed by atoms with Crippen molar-refractivity contribution in [2.45, 2.75) is 26.7 Å². The second-order valence-corrected chi connectivity index (χ2v) is 4.78. The zero-order valence-corrected chi connectivity index (χ0v) is 11.3. The molecule has 19 heavy (non-hydrogen) atoms. The molecule has 1 heterocycles. The van der Waals surface area contributed by atoms with Gasteiger partial charge in [0, 0.05) is 18.0 Å². The predicted octanol–water partition coefficient (Wildman–Crippen LogP) is 2.22. The van der Waals surface area contributed by atoms with Crippen LogP contribution in [0.1, 0.15) is 40.2 Å². The van der Waals surface area contributed by atoms with Crippen molar-refractivity contribution in [1.29, 1.82) is 0 Å². The average molecular weight is 259 g/mol. The van der Waals surface area contributed by atoms with Crippen LogP contribution in [0.2, 0.25) is 0 Å². The number of benzene rings is 1. The highest BCUT2D eigenvalue weighted by Crippen LogP contribution is 2.10. The van der Waals surface area contributed by atoms with Crippen molar-refractivity contribution in [3.63, 3.8) is 0 Å². The molecule has 0 aliphatic carbocycles. The van der Waals surface area contributed by atoms with Gasteiger partial charge in [-0.05, 0) is 26.0 Å². The van der Waals surface area contributed by atoms with Crippen LogP contribution >= 0.6 is 0 Å². The Morgan fingerprint density at radius 1 is 1.32 bits per heavy atom. The fraction of sp³-hybridized carbons (Fsp3) is 0.357. The molecule has 0 bridgehead atoms. The van der Waals surface area contributed by atoms with Crippen LogP contribution in [0.5, 0.6) is 0 Å². The summed E-state index contributed by atoms with van der Waals surface area (Å²) in [5, 5.41) is 6.64. The molecule has 0 aliphatic heterocycles. The van der Waals surface area contributed by atoms with Gasteiger partial charge in [-0.25, -0.2) is 0 Å². The molecule has 0 spiro atoms. The minimum Gasteiger partial charge on any atom is -0.351 e. The molecule has 1 aromatic heterocycles. The lowest BCUT2D eigenvalue weighted by Gasteiger charge is -2.10. The molecule has 1 atom stereocenters. The van der Waals surface area contributed by atoms with Crippen LogP contribution in [-0.2, 0) is 0 Å². The Morgan fingerprint density at radius 3 is 2.58 bits per heavy atom. The Kier molecular flexibility index (Phi) is 3.94. The van der Waals surface area contributed by atoms with Crippen LogP contribution in [0.4, 0.5) is 0 Å². The number of carbonyl (C=O) groups is 1. The fourth-order valence-electron chi connectivity index (χ4n) is 1.94. The van der Waals surface area contributed by atoms with E-state index < -0.39 is 0 Å². The number of amides is 1. The summed E-state index contributed by atoms with van der Waals surface area (Å²) in [4.78, 5) is 16.0. The molecule has 5 nitrogen and oxygen atoms in total. The minimum absolute atomic E-state index is 0.0219. The lowest BCUT2D eigenvalue weighted by atomic mass is 10.1. The molecule has 0 saturated carbocycles. The van der Waals surface area contributed by atoms with E-state index in [0.29, 0.717) is 17.9 Å². The summed E-state index contributed by atoms with van der Waals surface area (Å²) >= 11 is 0. The van der Waals surface area contributed by atoms with Crippen LogP contribution in [0, 0.1) is 13.8 Å². The van der Waals surface area contributed by atoms with Gasteiger partial charge >= 0.3 is 0 Å². The van der Waals surface area contributed by atoms with E-state index in [-0.39, 0.29) is 11.8 Å². The van der Waals surface area contributed by atoms with E-state index >= 15 is 0 Å². The Hall–Kier alpha value is -2.17. The molecule has 2 rings (SSSR count). The molecule has 1 amide bonds. The summed E-state index contributed by atoms with van der Waals surface area (Å²) in [5.41, 5.74) is 2.84. The van der Waals surface area contributed by atoms with Crippen molar-refractivity contribution in [2.24, 2.45) is 0 Å². The molecule has 0 radical (unpaired) electrons. The summed E-state index contributed by atoms with van der Waals surface area (Å²) in [6.45, 7) is 6.37. The highest BCUT2D eigenvalue weighted by atomic mass is 16.5. The number of rotatable bonds is 4. The van der Waals surface area contributed by atoms with Gasteiger partial charge in [-0.2, -0.15) is 4.98 Å². The van der Waals surface area contributed by atoms with Gasteiger partial charge in [0.2, 0.25) is 6.39 Å². The molecule has 5 heteroatoms. The van der Waals surface area contributed by atoms with Crippen molar-refractivity contribution >= 4 is 5.91 Å². The molecule has 1 unspecified atom stereocenters. The Labute approximate surface area is 112 Å². The molecular weight excluding hydrogens is 242 g/mol. The van der Waals surface area contributed by atoms with Gasteiger partial charge in [0.15, 0.2) is 5.82 Å². The Morgan fingerprint density at radius 2 is 2.00 bits per heavy atom. The highest BCUT2D eigenvalue weighted by Gasteiger charge is 2.13. The molecule has 1 N–H and O–H groups in total. The maximum absolute atomic E-state index is 12.0. The number of carbonyl (C=O) groups excluding carboxylic acids is 1. The maximum Gasteiger partial charge on any atom is 0.251 e. The lowest BCUT2D eigenvalue weighted by Crippen LogP contribution is -2.28. The van der Waals surface area contributed by atoms with Crippen molar-refractivity contribution in [3.8, 4) is 0 Å². The quantitative estimate of drug-likeness (QED) is 0.914. The van der Waals surface area contributed by atoms with Crippen LogP contribution < -0.4 is 5.32 Å². The predicted molar refractivity (Wildman–Crippen MR) is 71.0 cm³/mol. The first-order valence-electron chi connectivity index (χ1n) is 6.19. The number of nitrogens with one attached hydrogen (secondary N) is 1. The van der Waals surface area contributed by atoms with E-state index in [1.54, 1.807) is 0 Å². The summed E-state index contributed by atoms with van der Waals surface area (Å²) in [6, 6.07) is 5.79. The SMILES string of the molecule is Cc1cc(C)cc(C(=O)NCC(C)c2ncon2)c1. The molecule has 0 saturated heterocycles. The van der Waals surface area contributed by atoms with Crippen LogP contribution in [0.3, 0.4) is 0 Å². The zero-order valence-electron chi connectivity index (χ0n) is 11.3. The molecular formula is C14H17N3O2. The Balaban J connectivity index is 1.98. The lowest BCUT2D eigenvalue weighted by molar-refractivity contribution is 0.0951. The average Bonchev–Trinajstić information content (AvgIpc) is 2.88. The highest BCUT2D eigenvalue weighted by molar-refractivity contribution is 5.94. The second kappa shape index (κ2) is 5.65. The largest absolute Gasteiger partial charge is 0.351 e. The summed E-state index contributed by atoms with van der Waals surface area (Å²) in [7, 11) is 0. The van der Waals surface area contributed by atoms with Gasteiger partial charge in [-0.1, -0.05) is 29.3 Å². The van der Waals surface area contributed by atoms with Crippen LogP contribution in [0.15, 0.2) is 29.1 Å². The molecule has 100 valence electrons. The van der Waals surface area contributed by atoms with Crippen molar-refractivity contribution in [2.75, 3.05) is 6.54 Å². The normalized spacial score (nSPS) is 12.2. The zero-order chi connectivity index (χ0) is 13.8. The van der Waals surface area contributed by atoms with E-state index in [9.17, 15) is 4.79 Å². The summed E-state index contributed by atoms with van der Waals surface area (Å²) in [5.74, 6) is 0.538. The first-order chi connectivity index (χ1) is 9.06. The van der Waals surface area contributed by atoms with Crippen molar-refractivity contribution < 1.29 is 9.32 Å². The van der Waals surface area contributed by atoms with E-state index in [1.165, 1.54) is 6.39 Å². The van der Waals surface area contributed by atoms with Gasteiger partial charge in [-0.15, -0.1) is 0 Å². The number of hydrogen-bond donors (Lipinski definition) is 1. The minimum atomic E-state index is -0.0813. The monoisotopic (exact) mass is 259 g/mol. The van der Waals surface area contributed by atoms with E-state index in [4.69, 9.17) is 0 Å². The van der Waals surface area contributed by atoms with Gasteiger partial charge in [0.05, 0.1) is 0 Å². The first-order valence-corrected chi connectivity index (χ1v) is 6.19. The molecule has 0 fully saturated rings. The van der Waals surface area contributed by atoms with Gasteiger partial charge in [-0.3, -0.25) is 4.79 Å².